The standard InChI is InChI=1S/C12H10ClNO5S/c13-9-5-10(14-6-7-2-1-3-19-7)8(12(15)16)4-11(9)20(17)18/h1-5,14H,6H2,(H,15,16)(H,17,18)/p-1. The monoisotopic (exact) mass is 314 g/mol. The van der Waals surface area contributed by atoms with Gasteiger partial charge in [0.15, 0.2) is 0 Å². The highest BCUT2D eigenvalue weighted by Crippen LogP contribution is 2.28. The number of carboxylic acids is 1. The van der Waals surface area contributed by atoms with Crippen LogP contribution in [0, 0.1) is 0 Å². The van der Waals surface area contributed by atoms with Crippen molar-refractivity contribution in [1.29, 1.82) is 0 Å². The lowest BCUT2D eigenvalue weighted by Crippen LogP contribution is -2.07. The van der Waals surface area contributed by atoms with E-state index in [1.165, 1.54) is 12.3 Å². The largest absolute Gasteiger partial charge is 0.768 e. The van der Waals surface area contributed by atoms with Crippen molar-refractivity contribution in [2.75, 3.05) is 5.32 Å². The Morgan fingerprint density at radius 1 is 1.50 bits per heavy atom. The predicted octanol–water partition coefficient (Wildman–Crippen LogP) is 2.48. The molecule has 0 amide bonds. The summed E-state index contributed by atoms with van der Waals surface area (Å²) in [5, 5.41) is 11.9. The minimum absolute atomic E-state index is 0.0507. The maximum atomic E-state index is 11.2. The average molecular weight is 315 g/mol. The lowest BCUT2D eigenvalue weighted by Gasteiger charge is -2.13. The smallest absolute Gasteiger partial charge is 0.337 e. The number of hydrogen-bond acceptors (Lipinski definition) is 5. The summed E-state index contributed by atoms with van der Waals surface area (Å²) in [4.78, 5) is 10.9. The predicted molar refractivity (Wildman–Crippen MR) is 71.6 cm³/mol. The SMILES string of the molecule is O=C(O)c1cc(S(=O)[O-])c(Cl)cc1NCc1ccco1. The van der Waals surface area contributed by atoms with Crippen LogP contribution in [0.3, 0.4) is 0 Å². The molecule has 0 bridgehead atoms. The van der Waals surface area contributed by atoms with Crippen LogP contribution in [-0.4, -0.2) is 19.8 Å². The first-order chi connectivity index (χ1) is 9.49. The summed E-state index contributed by atoms with van der Waals surface area (Å²) in [5.41, 5.74) is 0.0354. The number of furan rings is 1. The average Bonchev–Trinajstić information content (AvgIpc) is 2.88. The highest BCUT2D eigenvalue weighted by atomic mass is 35.5. The molecule has 1 aromatic carbocycles. The van der Waals surface area contributed by atoms with Crippen LogP contribution in [0.1, 0.15) is 16.1 Å². The minimum Gasteiger partial charge on any atom is -0.768 e. The highest BCUT2D eigenvalue weighted by Gasteiger charge is 2.15. The molecule has 2 aromatic rings. The third-order valence-electron chi connectivity index (χ3n) is 2.52. The second-order valence-corrected chi connectivity index (χ2v) is 5.12. The first-order valence-electron chi connectivity index (χ1n) is 5.41. The third-order valence-corrected chi connectivity index (χ3v) is 3.64. The van der Waals surface area contributed by atoms with E-state index in [1.807, 2.05) is 0 Å². The van der Waals surface area contributed by atoms with Gasteiger partial charge < -0.3 is 19.4 Å². The van der Waals surface area contributed by atoms with Gasteiger partial charge in [-0.25, -0.2) is 4.79 Å². The van der Waals surface area contributed by atoms with Gasteiger partial charge in [0.25, 0.3) is 0 Å². The van der Waals surface area contributed by atoms with Crippen molar-refractivity contribution in [3.8, 4) is 0 Å². The van der Waals surface area contributed by atoms with E-state index in [4.69, 9.17) is 21.1 Å². The van der Waals surface area contributed by atoms with Crippen LogP contribution in [0.15, 0.2) is 39.8 Å². The molecule has 1 atom stereocenters. The molecule has 0 saturated heterocycles. The highest BCUT2D eigenvalue weighted by molar-refractivity contribution is 7.79. The summed E-state index contributed by atoms with van der Waals surface area (Å²) >= 11 is 3.21. The second kappa shape index (κ2) is 6.08. The zero-order chi connectivity index (χ0) is 14.7. The first-order valence-corrected chi connectivity index (χ1v) is 6.86. The molecule has 0 aliphatic rings. The van der Waals surface area contributed by atoms with E-state index in [1.54, 1.807) is 12.1 Å². The zero-order valence-corrected chi connectivity index (χ0v) is 11.5. The molecule has 0 aliphatic heterocycles. The van der Waals surface area contributed by atoms with Crippen molar-refractivity contribution in [3.63, 3.8) is 0 Å². The van der Waals surface area contributed by atoms with Crippen LogP contribution in [0.4, 0.5) is 5.69 Å². The fourth-order valence-corrected chi connectivity index (χ4v) is 2.38. The molecular weight excluding hydrogens is 306 g/mol. The van der Waals surface area contributed by atoms with Gasteiger partial charge in [-0.05, 0) is 35.3 Å². The van der Waals surface area contributed by atoms with Crippen LogP contribution >= 0.6 is 11.6 Å². The maximum absolute atomic E-state index is 11.2. The van der Waals surface area contributed by atoms with Crippen molar-refractivity contribution < 1.29 is 23.1 Å². The number of aromatic carboxylic acids is 1. The number of nitrogens with one attached hydrogen (secondary N) is 1. The van der Waals surface area contributed by atoms with E-state index in [2.05, 4.69) is 5.32 Å². The fourth-order valence-electron chi connectivity index (χ4n) is 1.60. The topological polar surface area (TPSA) is 103 Å². The number of rotatable bonds is 5. The first kappa shape index (κ1) is 14.6. The Morgan fingerprint density at radius 2 is 2.25 bits per heavy atom. The lowest BCUT2D eigenvalue weighted by molar-refractivity contribution is 0.0697. The summed E-state index contributed by atoms with van der Waals surface area (Å²) in [6.45, 7) is 0.253. The number of benzene rings is 1. The van der Waals surface area contributed by atoms with E-state index in [0.29, 0.717) is 5.76 Å². The van der Waals surface area contributed by atoms with E-state index in [9.17, 15) is 13.6 Å². The Hall–Kier alpha value is -1.83. The van der Waals surface area contributed by atoms with E-state index < -0.39 is 17.0 Å². The van der Waals surface area contributed by atoms with Gasteiger partial charge in [0.2, 0.25) is 0 Å². The van der Waals surface area contributed by atoms with Gasteiger partial charge in [-0.15, -0.1) is 0 Å². The second-order valence-electron chi connectivity index (χ2n) is 3.80. The quantitative estimate of drug-likeness (QED) is 0.822. The van der Waals surface area contributed by atoms with Crippen LogP contribution < -0.4 is 5.32 Å². The molecular formula is C12H9ClNO5S-. The Balaban J connectivity index is 2.33. The molecule has 8 heteroatoms. The summed E-state index contributed by atoms with van der Waals surface area (Å²) in [6, 6.07) is 5.69. The van der Waals surface area contributed by atoms with Gasteiger partial charge in [-0.3, -0.25) is 4.21 Å². The molecule has 6 nitrogen and oxygen atoms in total. The van der Waals surface area contributed by atoms with Gasteiger partial charge in [-0.2, -0.15) is 0 Å². The molecule has 0 saturated carbocycles. The van der Waals surface area contributed by atoms with Crippen LogP contribution in [0.25, 0.3) is 0 Å². The Morgan fingerprint density at radius 3 is 2.80 bits per heavy atom. The summed E-state index contributed by atoms with van der Waals surface area (Å²) in [5.74, 6) is -0.649. The Kier molecular flexibility index (Phi) is 4.43. The van der Waals surface area contributed by atoms with Gasteiger partial charge in [0.05, 0.1) is 29.1 Å². The number of halogens is 1. The number of carbonyl (C=O) groups is 1. The molecule has 1 heterocycles. The molecule has 0 radical (unpaired) electrons. The number of anilines is 1. The third kappa shape index (κ3) is 3.19. The Labute approximate surface area is 121 Å². The van der Waals surface area contributed by atoms with Crippen molar-refractivity contribution in [2.24, 2.45) is 0 Å². The van der Waals surface area contributed by atoms with Gasteiger partial charge >= 0.3 is 5.97 Å². The fraction of sp³-hybridized carbons (Fsp3) is 0.0833. The van der Waals surface area contributed by atoms with Crippen LogP contribution in [-0.2, 0) is 17.6 Å². The summed E-state index contributed by atoms with van der Waals surface area (Å²) in [7, 11) is 0. The van der Waals surface area contributed by atoms with Crippen molar-refractivity contribution in [1.82, 2.24) is 0 Å². The maximum Gasteiger partial charge on any atom is 0.337 e. The van der Waals surface area contributed by atoms with Crippen LogP contribution in [0.5, 0.6) is 0 Å². The molecule has 106 valence electrons. The van der Waals surface area contributed by atoms with E-state index in [-0.39, 0.29) is 27.7 Å². The van der Waals surface area contributed by atoms with E-state index >= 15 is 0 Å². The van der Waals surface area contributed by atoms with E-state index in [0.717, 1.165) is 6.07 Å². The Bertz CT molecular complexity index is 656. The van der Waals surface area contributed by atoms with Crippen molar-refractivity contribution in [2.45, 2.75) is 11.4 Å². The van der Waals surface area contributed by atoms with Crippen LogP contribution in [0.2, 0.25) is 5.02 Å². The molecule has 20 heavy (non-hydrogen) atoms. The van der Waals surface area contributed by atoms with Crippen molar-refractivity contribution in [3.05, 3.63) is 46.9 Å². The van der Waals surface area contributed by atoms with Gasteiger partial charge in [-0.1, -0.05) is 11.6 Å². The number of carboxylic acid groups (broad SMARTS) is 1. The molecule has 0 spiro atoms. The minimum atomic E-state index is -2.60. The summed E-state index contributed by atoms with van der Waals surface area (Å²) in [6.07, 6.45) is 1.49. The molecule has 2 N–H and O–H groups in total. The molecule has 1 unspecified atom stereocenters. The van der Waals surface area contributed by atoms with Gasteiger partial charge in [0.1, 0.15) is 5.76 Å². The lowest BCUT2D eigenvalue weighted by atomic mass is 10.1. The normalized spacial score (nSPS) is 12.1. The molecule has 2 rings (SSSR count). The molecule has 1 aromatic heterocycles. The molecule has 0 fully saturated rings. The zero-order valence-electron chi connectivity index (χ0n) is 9.96. The van der Waals surface area contributed by atoms with Crippen molar-refractivity contribution >= 4 is 34.3 Å². The summed E-state index contributed by atoms with van der Waals surface area (Å²) < 4.78 is 27.0. The number of hydrogen-bond donors (Lipinski definition) is 2. The molecule has 0 aliphatic carbocycles. The van der Waals surface area contributed by atoms with Gasteiger partial charge in [0, 0.05) is 4.90 Å².